The quantitative estimate of drug-likeness (QED) is 0.903. The summed E-state index contributed by atoms with van der Waals surface area (Å²) in [6, 6.07) is 8.55. The van der Waals surface area contributed by atoms with Crippen LogP contribution in [0.2, 0.25) is 0 Å². The summed E-state index contributed by atoms with van der Waals surface area (Å²) in [4.78, 5) is 13.1. The average Bonchev–Trinajstić information content (AvgIpc) is 2.38. The third-order valence-corrected chi connectivity index (χ3v) is 3.56. The summed E-state index contributed by atoms with van der Waals surface area (Å²) in [5, 5.41) is 9.00. The van der Waals surface area contributed by atoms with E-state index in [2.05, 4.69) is 49.3 Å². The standard InChI is InChI=1S/C16H21NO2/c1-17(2)11-12-4-3-5-15(10-12)13-6-8-14(9-7-13)16(18)19/h3-6,10,14H,7-9,11H2,1-2H3,(H,18,19). The molecule has 19 heavy (non-hydrogen) atoms. The predicted molar refractivity (Wildman–Crippen MR) is 76.8 cm³/mol. The summed E-state index contributed by atoms with van der Waals surface area (Å²) >= 11 is 0. The van der Waals surface area contributed by atoms with E-state index < -0.39 is 5.97 Å². The van der Waals surface area contributed by atoms with Gasteiger partial charge in [0, 0.05) is 6.54 Å². The first-order valence-electron chi connectivity index (χ1n) is 6.72. The van der Waals surface area contributed by atoms with E-state index in [1.807, 2.05) is 0 Å². The lowest BCUT2D eigenvalue weighted by atomic mass is 9.86. The smallest absolute Gasteiger partial charge is 0.306 e. The van der Waals surface area contributed by atoms with Crippen molar-refractivity contribution in [2.24, 2.45) is 5.92 Å². The van der Waals surface area contributed by atoms with Crippen LogP contribution in [0.1, 0.15) is 30.4 Å². The zero-order valence-electron chi connectivity index (χ0n) is 11.6. The molecule has 0 bridgehead atoms. The predicted octanol–water partition coefficient (Wildman–Crippen LogP) is 3.02. The Balaban J connectivity index is 2.12. The molecule has 1 aromatic carbocycles. The number of rotatable bonds is 4. The Morgan fingerprint density at radius 2 is 2.21 bits per heavy atom. The number of nitrogens with zero attached hydrogens (tertiary/aromatic N) is 1. The van der Waals surface area contributed by atoms with E-state index in [9.17, 15) is 4.79 Å². The molecule has 1 aliphatic carbocycles. The fourth-order valence-corrected chi connectivity index (χ4v) is 2.56. The summed E-state index contributed by atoms with van der Waals surface area (Å²) in [6.45, 7) is 0.929. The minimum atomic E-state index is -0.670. The third kappa shape index (κ3) is 3.67. The van der Waals surface area contributed by atoms with Crippen molar-refractivity contribution < 1.29 is 9.90 Å². The first kappa shape index (κ1) is 13.8. The van der Waals surface area contributed by atoms with E-state index in [4.69, 9.17) is 5.11 Å². The van der Waals surface area contributed by atoms with Gasteiger partial charge in [0.2, 0.25) is 0 Å². The van der Waals surface area contributed by atoms with Crippen LogP contribution in [0.25, 0.3) is 5.57 Å². The van der Waals surface area contributed by atoms with Gasteiger partial charge >= 0.3 is 5.97 Å². The lowest BCUT2D eigenvalue weighted by Gasteiger charge is -2.19. The Morgan fingerprint density at radius 3 is 2.79 bits per heavy atom. The van der Waals surface area contributed by atoms with Gasteiger partial charge in [-0.05, 0) is 50.1 Å². The number of carbonyl (C=O) groups is 1. The third-order valence-electron chi connectivity index (χ3n) is 3.56. The molecule has 0 spiro atoms. The first-order valence-corrected chi connectivity index (χ1v) is 6.72. The number of carboxylic acid groups (broad SMARTS) is 1. The van der Waals surface area contributed by atoms with Crippen LogP contribution in [0, 0.1) is 5.92 Å². The summed E-state index contributed by atoms with van der Waals surface area (Å²) in [5.74, 6) is -0.870. The molecule has 0 saturated heterocycles. The highest BCUT2D eigenvalue weighted by Gasteiger charge is 2.21. The zero-order valence-corrected chi connectivity index (χ0v) is 11.6. The molecule has 0 saturated carbocycles. The van der Waals surface area contributed by atoms with Gasteiger partial charge in [-0.1, -0.05) is 30.3 Å². The first-order chi connectivity index (χ1) is 9.06. The van der Waals surface area contributed by atoms with E-state index in [1.165, 1.54) is 16.7 Å². The van der Waals surface area contributed by atoms with Crippen molar-refractivity contribution in [1.82, 2.24) is 4.90 Å². The summed E-state index contributed by atoms with van der Waals surface area (Å²) in [6.07, 6.45) is 4.36. The summed E-state index contributed by atoms with van der Waals surface area (Å²) < 4.78 is 0. The molecule has 0 aliphatic heterocycles. The van der Waals surface area contributed by atoms with E-state index in [1.54, 1.807) is 0 Å². The molecular formula is C16H21NO2. The number of benzene rings is 1. The number of hydrogen-bond donors (Lipinski definition) is 1. The Morgan fingerprint density at radius 1 is 1.42 bits per heavy atom. The van der Waals surface area contributed by atoms with E-state index in [0.717, 1.165) is 19.4 Å². The maximum Gasteiger partial charge on any atom is 0.306 e. The number of hydrogen-bond acceptors (Lipinski definition) is 2. The van der Waals surface area contributed by atoms with Gasteiger partial charge in [-0.15, -0.1) is 0 Å². The highest BCUT2D eigenvalue weighted by atomic mass is 16.4. The molecule has 1 aliphatic rings. The lowest BCUT2D eigenvalue weighted by Crippen LogP contribution is -2.15. The minimum absolute atomic E-state index is 0.200. The van der Waals surface area contributed by atoms with Crippen molar-refractivity contribution in [2.75, 3.05) is 14.1 Å². The van der Waals surface area contributed by atoms with Crippen LogP contribution in [0.3, 0.4) is 0 Å². The molecule has 0 aromatic heterocycles. The summed E-state index contributed by atoms with van der Waals surface area (Å²) in [7, 11) is 4.12. The van der Waals surface area contributed by atoms with E-state index in [-0.39, 0.29) is 5.92 Å². The normalized spacial score (nSPS) is 19.3. The van der Waals surface area contributed by atoms with Crippen molar-refractivity contribution >= 4 is 11.5 Å². The Kier molecular flexibility index (Phi) is 4.38. The van der Waals surface area contributed by atoms with Crippen LogP contribution >= 0.6 is 0 Å². The Hall–Kier alpha value is -1.61. The Labute approximate surface area is 114 Å². The molecule has 1 aromatic rings. The molecule has 0 heterocycles. The number of allylic oxidation sites excluding steroid dienone is 2. The molecule has 0 radical (unpaired) electrons. The van der Waals surface area contributed by atoms with Crippen molar-refractivity contribution in [1.29, 1.82) is 0 Å². The molecule has 3 nitrogen and oxygen atoms in total. The highest BCUT2D eigenvalue weighted by Crippen LogP contribution is 2.30. The molecular weight excluding hydrogens is 238 g/mol. The average molecular weight is 259 g/mol. The van der Waals surface area contributed by atoms with Gasteiger partial charge in [0.1, 0.15) is 0 Å². The van der Waals surface area contributed by atoms with Gasteiger partial charge in [0.15, 0.2) is 0 Å². The van der Waals surface area contributed by atoms with Crippen LogP contribution < -0.4 is 0 Å². The summed E-state index contributed by atoms with van der Waals surface area (Å²) in [5.41, 5.74) is 3.82. The van der Waals surface area contributed by atoms with Crippen LogP contribution in [0.4, 0.5) is 0 Å². The molecule has 3 heteroatoms. The van der Waals surface area contributed by atoms with Crippen LogP contribution in [-0.4, -0.2) is 30.1 Å². The number of carboxylic acids is 1. The highest BCUT2D eigenvalue weighted by molar-refractivity contribution is 5.74. The second kappa shape index (κ2) is 6.02. The van der Waals surface area contributed by atoms with Crippen LogP contribution in [-0.2, 0) is 11.3 Å². The van der Waals surface area contributed by atoms with Crippen molar-refractivity contribution in [3.63, 3.8) is 0 Å². The fraction of sp³-hybridized carbons (Fsp3) is 0.438. The molecule has 1 N–H and O–H groups in total. The second-order valence-electron chi connectivity index (χ2n) is 5.48. The molecule has 2 rings (SSSR count). The topological polar surface area (TPSA) is 40.5 Å². The molecule has 0 fully saturated rings. The van der Waals surface area contributed by atoms with Crippen molar-refractivity contribution in [3.8, 4) is 0 Å². The lowest BCUT2D eigenvalue weighted by molar-refractivity contribution is -0.141. The second-order valence-corrected chi connectivity index (χ2v) is 5.48. The minimum Gasteiger partial charge on any atom is -0.481 e. The zero-order chi connectivity index (χ0) is 13.8. The van der Waals surface area contributed by atoms with Crippen molar-refractivity contribution in [2.45, 2.75) is 25.8 Å². The van der Waals surface area contributed by atoms with E-state index in [0.29, 0.717) is 6.42 Å². The molecule has 0 amide bonds. The Bertz CT molecular complexity index is 491. The molecule has 1 atom stereocenters. The van der Waals surface area contributed by atoms with Crippen molar-refractivity contribution in [3.05, 3.63) is 41.5 Å². The molecule has 1 unspecified atom stereocenters. The molecule has 102 valence electrons. The van der Waals surface area contributed by atoms with Crippen LogP contribution in [0.5, 0.6) is 0 Å². The van der Waals surface area contributed by atoms with Gasteiger partial charge in [-0.25, -0.2) is 0 Å². The monoisotopic (exact) mass is 259 g/mol. The van der Waals surface area contributed by atoms with Gasteiger partial charge in [0.05, 0.1) is 5.92 Å². The van der Waals surface area contributed by atoms with Gasteiger partial charge in [-0.2, -0.15) is 0 Å². The van der Waals surface area contributed by atoms with Gasteiger partial charge in [-0.3, -0.25) is 4.79 Å². The van der Waals surface area contributed by atoms with Gasteiger partial charge < -0.3 is 10.0 Å². The van der Waals surface area contributed by atoms with E-state index >= 15 is 0 Å². The largest absolute Gasteiger partial charge is 0.481 e. The maximum atomic E-state index is 10.9. The maximum absolute atomic E-state index is 10.9. The number of aliphatic carboxylic acids is 1. The SMILES string of the molecule is CN(C)Cc1cccc(C2=CCC(C(=O)O)CC2)c1. The van der Waals surface area contributed by atoms with Crippen LogP contribution in [0.15, 0.2) is 30.3 Å². The van der Waals surface area contributed by atoms with Gasteiger partial charge in [0.25, 0.3) is 0 Å². The fourth-order valence-electron chi connectivity index (χ4n) is 2.56.